The van der Waals surface area contributed by atoms with E-state index in [9.17, 15) is 4.79 Å². The van der Waals surface area contributed by atoms with Gasteiger partial charge >= 0.3 is 0 Å². The first kappa shape index (κ1) is 18.2. The minimum absolute atomic E-state index is 0.330. The summed E-state index contributed by atoms with van der Waals surface area (Å²) in [5.74, 6) is 6.51. The van der Waals surface area contributed by atoms with Crippen LogP contribution in [0.5, 0.6) is 5.75 Å². The van der Waals surface area contributed by atoms with Gasteiger partial charge in [0.1, 0.15) is 5.75 Å². The molecule has 1 N–H and O–H groups in total. The Balaban J connectivity index is 1.98. The molecular weight excluding hydrogens is 314 g/mol. The highest BCUT2D eigenvalue weighted by Crippen LogP contribution is 2.10. The van der Waals surface area contributed by atoms with Crippen molar-refractivity contribution in [3.8, 4) is 17.6 Å². The Hall–Kier alpha value is -3.13. The number of carbonyl (C=O) groups excluding carboxylic acids is 1. The van der Waals surface area contributed by atoms with Crippen molar-refractivity contribution >= 4 is 12.1 Å². The molecule has 2 rings (SSSR count). The second-order valence-corrected chi connectivity index (χ2v) is 5.34. The van der Waals surface area contributed by atoms with Crippen molar-refractivity contribution < 1.29 is 9.53 Å². The predicted octanol–water partition coefficient (Wildman–Crippen LogP) is 3.40. The minimum Gasteiger partial charge on any atom is -0.497 e. The van der Waals surface area contributed by atoms with Crippen molar-refractivity contribution in [3.63, 3.8) is 0 Å². The quantitative estimate of drug-likeness (QED) is 0.381. The zero-order valence-electron chi connectivity index (χ0n) is 14.5. The summed E-state index contributed by atoms with van der Waals surface area (Å²) in [6, 6.07) is 9.10. The van der Waals surface area contributed by atoms with Gasteiger partial charge in [0, 0.05) is 24.4 Å². The number of carbonyl (C=O) groups is 1. The number of aromatic nitrogens is 1. The normalized spacial score (nSPS) is 10.2. The lowest BCUT2D eigenvalue weighted by atomic mass is 10.2. The van der Waals surface area contributed by atoms with Gasteiger partial charge in [-0.15, -0.1) is 0 Å². The summed E-state index contributed by atoms with van der Waals surface area (Å²) >= 11 is 0. The first-order chi connectivity index (χ1) is 12.2. The summed E-state index contributed by atoms with van der Waals surface area (Å²) in [6.45, 7) is 2.13. The van der Waals surface area contributed by atoms with Gasteiger partial charge in [0.2, 0.25) is 0 Å². The number of amides is 1. The van der Waals surface area contributed by atoms with Crippen LogP contribution in [0, 0.1) is 11.8 Å². The number of benzene rings is 1. The van der Waals surface area contributed by atoms with Gasteiger partial charge in [-0.25, -0.2) is 5.43 Å². The van der Waals surface area contributed by atoms with Crippen LogP contribution in [0.4, 0.5) is 0 Å². The standard InChI is InChI=1S/C20H21N3O2/c1-3-4-5-6-8-16-11-18(15-21-13-16)20(24)23-22-14-17-9-7-10-19(12-17)25-2/h7,9-15H,3-5H2,1-2H3,(H,23,24)/b22-14-. The van der Waals surface area contributed by atoms with Gasteiger partial charge in [-0.2, -0.15) is 5.10 Å². The molecule has 0 aliphatic heterocycles. The van der Waals surface area contributed by atoms with Crippen LogP contribution < -0.4 is 10.2 Å². The molecule has 128 valence electrons. The number of methoxy groups -OCH3 is 1. The van der Waals surface area contributed by atoms with Crippen molar-refractivity contribution in [1.82, 2.24) is 10.4 Å². The molecule has 5 heteroatoms. The van der Waals surface area contributed by atoms with E-state index in [1.54, 1.807) is 25.6 Å². The van der Waals surface area contributed by atoms with E-state index in [0.717, 1.165) is 36.1 Å². The third kappa shape index (κ3) is 6.11. The van der Waals surface area contributed by atoms with E-state index in [-0.39, 0.29) is 5.91 Å². The number of rotatable bonds is 6. The molecule has 0 radical (unpaired) electrons. The monoisotopic (exact) mass is 335 g/mol. The van der Waals surface area contributed by atoms with Crippen molar-refractivity contribution in [2.75, 3.05) is 7.11 Å². The highest BCUT2D eigenvalue weighted by Gasteiger charge is 2.05. The minimum atomic E-state index is -0.330. The highest BCUT2D eigenvalue weighted by molar-refractivity contribution is 5.94. The molecule has 0 saturated heterocycles. The maximum Gasteiger partial charge on any atom is 0.272 e. The first-order valence-corrected chi connectivity index (χ1v) is 8.14. The van der Waals surface area contributed by atoms with Crippen LogP contribution in [0.2, 0.25) is 0 Å². The van der Waals surface area contributed by atoms with Gasteiger partial charge in [-0.05, 0) is 30.2 Å². The third-order valence-electron chi connectivity index (χ3n) is 3.36. The molecular formula is C20H21N3O2. The topological polar surface area (TPSA) is 63.6 Å². The highest BCUT2D eigenvalue weighted by atomic mass is 16.5. The maximum absolute atomic E-state index is 12.1. The van der Waals surface area contributed by atoms with Crippen LogP contribution in [-0.4, -0.2) is 24.2 Å². The number of pyridine rings is 1. The Bertz CT molecular complexity index is 804. The summed E-state index contributed by atoms with van der Waals surface area (Å²) in [5, 5.41) is 3.97. The average Bonchev–Trinajstić information content (AvgIpc) is 2.65. The van der Waals surface area contributed by atoms with Crippen LogP contribution in [-0.2, 0) is 0 Å². The Kier molecular flexibility index (Phi) is 7.20. The average molecular weight is 335 g/mol. The van der Waals surface area contributed by atoms with E-state index >= 15 is 0 Å². The molecule has 1 heterocycles. The van der Waals surface area contributed by atoms with Crippen LogP contribution >= 0.6 is 0 Å². The summed E-state index contributed by atoms with van der Waals surface area (Å²) in [6.07, 6.45) is 7.73. The number of hydrogen-bond acceptors (Lipinski definition) is 4. The van der Waals surface area contributed by atoms with E-state index < -0.39 is 0 Å². The van der Waals surface area contributed by atoms with E-state index in [4.69, 9.17) is 4.74 Å². The van der Waals surface area contributed by atoms with Gasteiger partial charge in [-0.1, -0.05) is 37.3 Å². The van der Waals surface area contributed by atoms with Crippen molar-refractivity contribution in [2.24, 2.45) is 5.10 Å². The zero-order valence-corrected chi connectivity index (χ0v) is 14.5. The lowest BCUT2D eigenvalue weighted by molar-refractivity contribution is 0.0954. The van der Waals surface area contributed by atoms with Crippen LogP contribution in [0.15, 0.2) is 47.8 Å². The van der Waals surface area contributed by atoms with Gasteiger partial charge in [-0.3, -0.25) is 9.78 Å². The third-order valence-corrected chi connectivity index (χ3v) is 3.36. The molecule has 1 aromatic heterocycles. The fourth-order valence-corrected chi connectivity index (χ4v) is 2.01. The smallest absolute Gasteiger partial charge is 0.272 e. The van der Waals surface area contributed by atoms with Gasteiger partial charge < -0.3 is 4.74 Å². The molecule has 0 bridgehead atoms. The van der Waals surface area contributed by atoms with E-state index in [0.29, 0.717) is 5.56 Å². The summed E-state index contributed by atoms with van der Waals surface area (Å²) in [7, 11) is 1.60. The van der Waals surface area contributed by atoms with Gasteiger partial charge in [0.05, 0.1) is 18.9 Å². The van der Waals surface area contributed by atoms with Crippen LogP contribution in [0.3, 0.4) is 0 Å². The number of nitrogens with one attached hydrogen (secondary N) is 1. The summed E-state index contributed by atoms with van der Waals surface area (Å²) in [5.41, 5.74) is 4.46. The number of hydrazone groups is 1. The second kappa shape index (κ2) is 9.89. The number of ether oxygens (including phenoxy) is 1. The first-order valence-electron chi connectivity index (χ1n) is 8.14. The molecule has 0 atom stereocenters. The molecule has 0 unspecified atom stereocenters. The Morgan fingerprint density at radius 2 is 2.24 bits per heavy atom. The molecule has 1 amide bonds. The summed E-state index contributed by atoms with van der Waals surface area (Å²) < 4.78 is 5.14. The van der Waals surface area contributed by atoms with E-state index in [2.05, 4.69) is 34.3 Å². The molecule has 2 aromatic rings. The molecule has 1 aromatic carbocycles. The molecule has 0 fully saturated rings. The largest absolute Gasteiger partial charge is 0.497 e. The lowest BCUT2D eigenvalue weighted by Gasteiger charge is -2.01. The fourth-order valence-electron chi connectivity index (χ4n) is 2.01. The van der Waals surface area contributed by atoms with Crippen molar-refractivity contribution in [2.45, 2.75) is 26.2 Å². The Morgan fingerprint density at radius 1 is 1.36 bits per heavy atom. The SMILES string of the molecule is CCCCC#Cc1cncc(C(=O)N/N=C\c2cccc(OC)c2)c1. The van der Waals surface area contributed by atoms with Crippen LogP contribution in [0.25, 0.3) is 0 Å². The van der Waals surface area contributed by atoms with E-state index in [1.807, 2.05) is 24.3 Å². The fraction of sp³-hybridized carbons (Fsp3) is 0.250. The van der Waals surface area contributed by atoms with Gasteiger partial charge in [0.25, 0.3) is 5.91 Å². The molecule has 0 aliphatic carbocycles. The number of nitrogens with zero attached hydrogens (tertiary/aromatic N) is 2. The molecule has 0 aliphatic rings. The van der Waals surface area contributed by atoms with Crippen LogP contribution in [0.1, 0.15) is 47.7 Å². The molecule has 0 spiro atoms. The maximum atomic E-state index is 12.1. The van der Waals surface area contributed by atoms with Crippen molar-refractivity contribution in [1.29, 1.82) is 0 Å². The molecule has 25 heavy (non-hydrogen) atoms. The lowest BCUT2D eigenvalue weighted by Crippen LogP contribution is -2.17. The second-order valence-electron chi connectivity index (χ2n) is 5.34. The number of hydrogen-bond donors (Lipinski definition) is 1. The van der Waals surface area contributed by atoms with Crippen molar-refractivity contribution in [3.05, 3.63) is 59.4 Å². The molecule has 5 nitrogen and oxygen atoms in total. The number of unbranched alkanes of at least 4 members (excludes halogenated alkanes) is 2. The van der Waals surface area contributed by atoms with Gasteiger partial charge in [0.15, 0.2) is 0 Å². The Morgan fingerprint density at radius 3 is 3.04 bits per heavy atom. The Labute approximate surface area is 148 Å². The predicted molar refractivity (Wildman–Crippen MR) is 98.7 cm³/mol. The molecule has 0 saturated carbocycles. The van der Waals surface area contributed by atoms with E-state index in [1.165, 1.54) is 6.20 Å². The summed E-state index contributed by atoms with van der Waals surface area (Å²) in [4.78, 5) is 16.2. The zero-order chi connectivity index (χ0) is 17.9.